The molecule has 0 saturated heterocycles. The fraction of sp³-hybridized carbons (Fsp3) is 0. The molecule has 0 amide bonds. The van der Waals surface area contributed by atoms with Gasteiger partial charge in [0.15, 0.2) is 0 Å². The first-order chi connectivity index (χ1) is 1.73. The summed E-state index contributed by atoms with van der Waals surface area (Å²) in [5, 5.41) is 14.8. The Hall–Kier alpha value is 0.0831. The minimum Gasteiger partial charge on any atom is -0.356 e. The van der Waals surface area contributed by atoms with Gasteiger partial charge < -0.3 is 15.3 Å². The standard InChI is InChI=1S/NO3.Zr/c2-1(3)4;/q-1;/p+1. The molecule has 5 heteroatoms. The Morgan fingerprint density at radius 3 is 1.60 bits per heavy atom. The van der Waals surface area contributed by atoms with Gasteiger partial charge in [0.2, 0.25) is 0 Å². The molecule has 0 rings (SSSR count). The zero-order chi connectivity index (χ0) is 3.58. The zero-order valence-electron chi connectivity index (χ0n) is 3.17. The van der Waals surface area contributed by atoms with Crippen LogP contribution in [0, 0.1) is 15.3 Å². The summed E-state index contributed by atoms with van der Waals surface area (Å²) in [6.45, 7) is 0. The molecule has 5 heavy (non-hydrogen) atoms. The number of hydrogen-bond acceptors (Lipinski definition) is 3. The van der Waals surface area contributed by atoms with Crippen LogP contribution in [0.2, 0.25) is 0 Å². The Balaban J connectivity index is -0.0000000450. The van der Waals surface area contributed by atoms with Gasteiger partial charge in [-0.2, -0.15) is 0 Å². The third-order valence-electron chi connectivity index (χ3n) is 0. The third-order valence-corrected chi connectivity index (χ3v) is 0. The summed E-state index contributed by atoms with van der Waals surface area (Å²) in [4.78, 5) is 8.25. The van der Waals surface area contributed by atoms with Gasteiger partial charge in [0.1, 0.15) is 0 Å². The van der Waals surface area contributed by atoms with E-state index in [2.05, 4.69) is 0 Å². The van der Waals surface area contributed by atoms with E-state index in [9.17, 15) is 0 Å². The molecule has 0 aromatic carbocycles. The molecule has 0 bridgehead atoms. The fourth-order valence-corrected chi connectivity index (χ4v) is 0. The van der Waals surface area contributed by atoms with E-state index in [0.29, 0.717) is 0 Å². The molecule has 0 spiro atoms. The van der Waals surface area contributed by atoms with Gasteiger partial charge in [-0.25, -0.2) is 0 Å². The van der Waals surface area contributed by atoms with Crippen molar-refractivity contribution >= 4 is 0 Å². The maximum Gasteiger partial charge on any atom is 1.00 e. The van der Waals surface area contributed by atoms with Gasteiger partial charge in [-0.3, -0.25) is 0 Å². The molecule has 0 saturated carbocycles. The van der Waals surface area contributed by atoms with E-state index in [4.69, 9.17) is 15.3 Å². The Labute approximate surface area is 48.5 Å². The Kier molecular flexibility index (Phi) is 7.28. The summed E-state index contributed by atoms with van der Waals surface area (Å²) in [5.41, 5.74) is 0. The van der Waals surface area contributed by atoms with Crippen LogP contribution in [-0.2, 0) is 26.2 Å². The second-order valence-electron chi connectivity index (χ2n) is 0.224. The van der Waals surface area contributed by atoms with Crippen molar-refractivity contribution in [3.63, 3.8) is 0 Å². The molecule has 0 aromatic heterocycles. The first-order valence-corrected chi connectivity index (χ1v) is 0.548. The Morgan fingerprint density at radius 2 is 1.60 bits per heavy atom. The zero-order valence-corrected chi connectivity index (χ0v) is 4.63. The van der Waals surface area contributed by atoms with Crippen LogP contribution in [0.4, 0.5) is 0 Å². The van der Waals surface area contributed by atoms with Gasteiger partial charge in [-0.1, -0.05) is 0 Å². The quantitative estimate of drug-likeness (QED) is 0.360. The van der Waals surface area contributed by atoms with Crippen molar-refractivity contribution in [1.82, 2.24) is 0 Å². The predicted octanol–water partition coefficient (Wildman–Crippen LogP) is -0.129. The van der Waals surface area contributed by atoms with Crippen LogP contribution in [0.1, 0.15) is 1.43 Å². The summed E-state index contributed by atoms with van der Waals surface area (Å²) in [7, 11) is 0. The molecule has 0 aliphatic heterocycles. The van der Waals surface area contributed by atoms with Gasteiger partial charge in [0, 0.05) is 26.2 Å². The van der Waals surface area contributed by atoms with Gasteiger partial charge in [0.05, 0.1) is 5.09 Å². The molecule has 28 valence electrons. The largest absolute Gasteiger partial charge is 1.00 e. The Morgan fingerprint density at radius 1 is 1.60 bits per heavy atom. The topological polar surface area (TPSA) is 66.2 Å². The second kappa shape index (κ2) is 4.08. The molecule has 0 atom stereocenters. The van der Waals surface area contributed by atoms with E-state index >= 15 is 0 Å². The van der Waals surface area contributed by atoms with Gasteiger partial charge in [-0.05, 0) is 0 Å². The molecule has 0 fully saturated rings. The molecule has 4 nitrogen and oxygen atoms in total. The van der Waals surface area contributed by atoms with Crippen LogP contribution in [0.5, 0.6) is 0 Å². The molecular weight excluding hydrogens is 153 g/mol. The van der Waals surface area contributed by atoms with Crippen molar-refractivity contribution < 1.29 is 32.7 Å². The number of hydrogen-bond donors (Lipinski definition) is 0. The van der Waals surface area contributed by atoms with E-state index in [0.717, 1.165) is 0 Å². The van der Waals surface area contributed by atoms with Crippen molar-refractivity contribution in [2.75, 3.05) is 0 Å². The second-order valence-corrected chi connectivity index (χ2v) is 0.224. The molecule has 0 aliphatic rings. The van der Waals surface area contributed by atoms with Crippen molar-refractivity contribution in [2.45, 2.75) is 0 Å². The first-order valence-electron chi connectivity index (χ1n) is 0.548. The molecular formula is HNO3Zr. The summed E-state index contributed by atoms with van der Waals surface area (Å²) < 4.78 is 0. The van der Waals surface area contributed by atoms with Crippen LogP contribution in [-0.4, -0.2) is 5.09 Å². The molecule has 0 heterocycles. The smallest absolute Gasteiger partial charge is 0.356 e. The van der Waals surface area contributed by atoms with E-state index < -0.39 is 5.09 Å². The summed E-state index contributed by atoms with van der Waals surface area (Å²) in [6, 6.07) is 0. The van der Waals surface area contributed by atoms with Crippen molar-refractivity contribution in [3.8, 4) is 0 Å². The fourth-order valence-electron chi connectivity index (χ4n) is 0. The predicted molar refractivity (Wildman–Crippen MR) is 11.5 cm³/mol. The molecule has 0 unspecified atom stereocenters. The minimum atomic E-state index is -1.75. The summed E-state index contributed by atoms with van der Waals surface area (Å²) >= 11 is 0. The van der Waals surface area contributed by atoms with Crippen LogP contribution < -0.4 is 0 Å². The average Bonchev–Trinajstić information content (AvgIpc) is 0.811. The maximum absolute atomic E-state index is 8.25. The van der Waals surface area contributed by atoms with Crippen LogP contribution in [0.3, 0.4) is 0 Å². The average molecular weight is 154 g/mol. The first kappa shape index (κ1) is 8.92. The number of nitrogens with zero attached hydrogens (tertiary/aromatic N) is 1. The molecule has 0 aliphatic carbocycles. The third kappa shape index (κ3) is 2560. The molecule has 0 aromatic rings. The van der Waals surface area contributed by atoms with Crippen molar-refractivity contribution in [2.24, 2.45) is 0 Å². The van der Waals surface area contributed by atoms with Crippen LogP contribution >= 0.6 is 0 Å². The normalized spacial score (nSPS) is 4.80. The summed E-state index contributed by atoms with van der Waals surface area (Å²) in [6.07, 6.45) is 0. The van der Waals surface area contributed by atoms with E-state index in [-0.39, 0.29) is 27.6 Å². The van der Waals surface area contributed by atoms with E-state index in [1.54, 1.807) is 0 Å². The monoisotopic (exact) mass is 153 g/mol. The van der Waals surface area contributed by atoms with E-state index in [1.165, 1.54) is 0 Å². The maximum atomic E-state index is 8.25. The molecule has 0 N–H and O–H groups in total. The SMILES string of the molecule is O=[N+]([O-])[O-].[H+].[Zr]. The molecule has 0 radical (unpaired) electrons. The van der Waals surface area contributed by atoms with Crippen molar-refractivity contribution in [1.29, 1.82) is 0 Å². The van der Waals surface area contributed by atoms with Gasteiger partial charge >= 0.3 is 1.43 Å². The number of rotatable bonds is 0. The minimum absolute atomic E-state index is 0. The van der Waals surface area contributed by atoms with Gasteiger partial charge in [0.25, 0.3) is 0 Å². The summed E-state index contributed by atoms with van der Waals surface area (Å²) in [5.74, 6) is 0. The van der Waals surface area contributed by atoms with E-state index in [1.807, 2.05) is 0 Å². The van der Waals surface area contributed by atoms with Crippen molar-refractivity contribution in [3.05, 3.63) is 15.3 Å². The Bertz CT molecular complexity index is 33.8. The van der Waals surface area contributed by atoms with Crippen LogP contribution in [0.15, 0.2) is 0 Å². The van der Waals surface area contributed by atoms with Gasteiger partial charge in [-0.15, -0.1) is 0 Å². The van der Waals surface area contributed by atoms with Crippen LogP contribution in [0.25, 0.3) is 0 Å².